The minimum Gasteiger partial charge on any atom is -0.383 e. The number of benzene rings is 1. The van der Waals surface area contributed by atoms with Gasteiger partial charge in [-0.05, 0) is 84.9 Å². The van der Waals surface area contributed by atoms with Gasteiger partial charge in [-0.15, -0.1) is 0 Å². The van der Waals surface area contributed by atoms with E-state index >= 15 is 0 Å². The standard InChI is InChI=1S/C22H31N/c1-14(2)8-9-19-10-16(5)17(6)11-20(19)22-12-18(7)21(13-23-22)15(3)4/h10-11,13-14,22-23H,3,7-9,12H2,1-2,4-6H3. The first-order chi connectivity index (χ1) is 10.8. The summed E-state index contributed by atoms with van der Waals surface area (Å²) in [6.45, 7) is 19.4. The van der Waals surface area contributed by atoms with Gasteiger partial charge in [0, 0.05) is 6.20 Å². The third-order valence-electron chi connectivity index (χ3n) is 4.84. The molecule has 0 saturated heterocycles. The van der Waals surface area contributed by atoms with E-state index in [1.165, 1.54) is 39.8 Å². The van der Waals surface area contributed by atoms with Gasteiger partial charge in [0.25, 0.3) is 0 Å². The quantitative estimate of drug-likeness (QED) is 0.709. The Morgan fingerprint density at radius 2 is 1.91 bits per heavy atom. The first-order valence-corrected chi connectivity index (χ1v) is 8.69. The third kappa shape index (κ3) is 4.16. The molecule has 23 heavy (non-hydrogen) atoms. The van der Waals surface area contributed by atoms with Gasteiger partial charge in [-0.3, -0.25) is 0 Å². The van der Waals surface area contributed by atoms with Gasteiger partial charge < -0.3 is 5.32 Å². The normalized spacial score (nSPS) is 17.9. The fourth-order valence-corrected chi connectivity index (χ4v) is 3.21. The van der Waals surface area contributed by atoms with E-state index in [0.29, 0.717) is 6.04 Å². The van der Waals surface area contributed by atoms with Crippen molar-refractivity contribution in [3.8, 4) is 0 Å². The van der Waals surface area contributed by atoms with Crippen LogP contribution in [-0.4, -0.2) is 0 Å². The van der Waals surface area contributed by atoms with E-state index in [9.17, 15) is 0 Å². The number of rotatable bonds is 5. The molecule has 0 fully saturated rings. The summed E-state index contributed by atoms with van der Waals surface area (Å²) in [4.78, 5) is 0. The molecule has 0 bridgehead atoms. The molecule has 0 aromatic heterocycles. The monoisotopic (exact) mass is 309 g/mol. The maximum Gasteiger partial charge on any atom is 0.0551 e. The molecule has 1 heterocycles. The summed E-state index contributed by atoms with van der Waals surface area (Å²) >= 11 is 0. The van der Waals surface area contributed by atoms with E-state index in [0.717, 1.165) is 24.3 Å². The average molecular weight is 309 g/mol. The minimum absolute atomic E-state index is 0.326. The fraction of sp³-hybridized carbons (Fsp3) is 0.455. The van der Waals surface area contributed by atoms with Gasteiger partial charge in [0.05, 0.1) is 6.04 Å². The van der Waals surface area contributed by atoms with Crippen molar-refractivity contribution >= 4 is 0 Å². The Balaban J connectivity index is 2.33. The highest BCUT2D eigenvalue weighted by atomic mass is 14.9. The molecular weight excluding hydrogens is 278 g/mol. The molecular formula is C22H31N. The predicted octanol–water partition coefficient (Wildman–Crippen LogP) is 5.94. The lowest BCUT2D eigenvalue weighted by Gasteiger charge is -2.29. The molecule has 0 spiro atoms. The van der Waals surface area contributed by atoms with Gasteiger partial charge in [-0.1, -0.05) is 39.1 Å². The predicted molar refractivity (Wildman–Crippen MR) is 102 cm³/mol. The molecule has 124 valence electrons. The number of nitrogens with one attached hydrogen (secondary N) is 1. The first kappa shape index (κ1) is 17.6. The number of aryl methyl sites for hydroxylation is 3. The Morgan fingerprint density at radius 1 is 1.26 bits per heavy atom. The second kappa shape index (κ2) is 7.21. The SMILES string of the molecule is C=C(C)C1=CNC(c2cc(C)c(C)cc2CCC(C)C)CC1=C. The molecule has 1 atom stereocenters. The Bertz CT molecular complexity index is 646. The van der Waals surface area contributed by atoms with Gasteiger partial charge >= 0.3 is 0 Å². The Labute approximate surface area is 142 Å². The molecule has 1 unspecified atom stereocenters. The summed E-state index contributed by atoms with van der Waals surface area (Å²) in [7, 11) is 0. The highest BCUT2D eigenvalue weighted by Crippen LogP contribution is 2.34. The van der Waals surface area contributed by atoms with E-state index in [2.05, 4.69) is 64.5 Å². The summed E-state index contributed by atoms with van der Waals surface area (Å²) in [5, 5.41) is 3.59. The van der Waals surface area contributed by atoms with E-state index in [-0.39, 0.29) is 0 Å². The minimum atomic E-state index is 0.326. The molecule has 1 nitrogen and oxygen atoms in total. The number of hydrogen-bond acceptors (Lipinski definition) is 1. The number of allylic oxidation sites excluding steroid dienone is 2. The van der Waals surface area contributed by atoms with Crippen LogP contribution in [0, 0.1) is 19.8 Å². The zero-order chi connectivity index (χ0) is 17.1. The largest absolute Gasteiger partial charge is 0.383 e. The lowest BCUT2D eigenvalue weighted by Crippen LogP contribution is -2.23. The molecule has 1 N–H and O–H groups in total. The molecule has 1 aliphatic heterocycles. The zero-order valence-corrected chi connectivity index (χ0v) is 15.4. The average Bonchev–Trinajstić information content (AvgIpc) is 2.47. The first-order valence-electron chi connectivity index (χ1n) is 8.69. The molecule has 0 aliphatic carbocycles. The van der Waals surface area contributed by atoms with E-state index in [1.54, 1.807) is 0 Å². The van der Waals surface area contributed by atoms with Crippen LogP contribution in [0.3, 0.4) is 0 Å². The van der Waals surface area contributed by atoms with Crippen molar-refractivity contribution in [1.29, 1.82) is 0 Å². The summed E-state index contributed by atoms with van der Waals surface area (Å²) in [6, 6.07) is 5.08. The second-order valence-electron chi connectivity index (χ2n) is 7.43. The molecule has 0 amide bonds. The topological polar surface area (TPSA) is 12.0 Å². The zero-order valence-electron chi connectivity index (χ0n) is 15.4. The highest BCUT2D eigenvalue weighted by Gasteiger charge is 2.21. The summed E-state index contributed by atoms with van der Waals surface area (Å²) in [5.74, 6) is 0.730. The van der Waals surface area contributed by atoms with Gasteiger partial charge in [-0.25, -0.2) is 0 Å². The van der Waals surface area contributed by atoms with Crippen LogP contribution in [0.15, 0.2) is 48.2 Å². The molecule has 1 aliphatic rings. The third-order valence-corrected chi connectivity index (χ3v) is 4.84. The van der Waals surface area contributed by atoms with Crippen LogP contribution in [-0.2, 0) is 6.42 Å². The van der Waals surface area contributed by atoms with Crippen LogP contribution < -0.4 is 5.32 Å². The van der Waals surface area contributed by atoms with Crippen molar-refractivity contribution in [1.82, 2.24) is 5.32 Å². The lowest BCUT2D eigenvalue weighted by molar-refractivity contribution is 0.564. The van der Waals surface area contributed by atoms with Crippen LogP contribution in [0.25, 0.3) is 0 Å². The van der Waals surface area contributed by atoms with Gasteiger partial charge in [-0.2, -0.15) is 0 Å². The van der Waals surface area contributed by atoms with Gasteiger partial charge in [0.2, 0.25) is 0 Å². The molecule has 0 saturated carbocycles. The van der Waals surface area contributed by atoms with E-state index in [4.69, 9.17) is 0 Å². The van der Waals surface area contributed by atoms with Crippen LogP contribution >= 0.6 is 0 Å². The summed E-state index contributed by atoms with van der Waals surface area (Å²) in [6.07, 6.45) is 5.43. The van der Waals surface area contributed by atoms with Gasteiger partial charge in [0.1, 0.15) is 0 Å². The Morgan fingerprint density at radius 3 is 2.48 bits per heavy atom. The fourth-order valence-electron chi connectivity index (χ4n) is 3.21. The van der Waals surface area contributed by atoms with Crippen LogP contribution in [0.1, 0.15) is 61.9 Å². The maximum atomic E-state index is 4.27. The van der Waals surface area contributed by atoms with Crippen molar-refractivity contribution in [2.45, 2.75) is 59.9 Å². The molecule has 1 aromatic carbocycles. The lowest BCUT2D eigenvalue weighted by atomic mass is 9.85. The van der Waals surface area contributed by atoms with Crippen molar-refractivity contribution in [3.05, 3.63) is 70.5 Å². The van der Waals surface area contributed by atoms with Crippen LogP contribution in [0.5, 0.6) is 0 Å². The van der Waals surface area contributed by atoms with Crippen molar-refractivity contribution < 1.29 is 0 Å². The molecule has 1 aromatic rings. The smallest absolute Gasteiger partial charge is 0.0551 e. The Kier molecular flexibility index (Phi) is 5.51. The van der Waals surface area contributed by atoms with Crippen LogP contribution in [0.2, 0.25) is 0 Å². The van der Waals surface area contributed by atoms with Crippen LogP contribution in [0.4, 0.5) is 0 Å². The second-order valence-corrected chi connectivity index (χ2v) is 7.43. The molecule has 2 rings (SSSR count). The van der Waals surface area contributed by atoms with Crippen molar-refractivity contribution in [2.24, 2.45) is 5.92 Å². The van der Waals surface area contributed by atoms with Gasteiger partial charge in [0.15, 0.2) is 0 Å². The van der Waals surface area contributed by atoms with E-state index in [1.807, 2.05) is 6.92 Å². The number of hydrogen-bond donors (Lipinski definition) is 1. The van der Waals surface area contributed by atoms with Crippen molar-refractivity contribution in [3.63, 3.8) is 0 Å². The molecule has 1 heteroatoms. The maximum absolute atomic E-state index is 4.27. The molecule has 0 radical (unpaired) electrons. The Hall–Kier alpha value is -1.76. The summed E-state index contributed by atoms with van der Waals surface area (Å²) < 4.78 is 0. The highest BCUT2D eigenvalue weighted by molar-refractivity contribution is 5.47. The van der Waals surface area contributed by atoms with Crippen molar-refractivity contribution in [2.75, 3.05) is 0 Å². The summed E-state index contributed by atoms with van der Waals surface area (Å²) in [5.41, 5.74) is 9.13. The van der Waals surface area contributed by atoms with E-state index < -0.39 is 0 Å².